The summed E-state index contributed by atoms with van der Waals surface area (Å²) in [4.78, 5) is 45.8. The van der Waals surface area contributed by atoms with Gasteiger partial charge < -0.3 is 26.0 Å². The van der Waals surface area contributed by atoms with Gasteiger partial charge >= 0.3 is 5.97 Å². The van der Waals surface area contributed by atoms with Crippen molar-refractivity contribution in [1.82, 2.24) is 20.6 Å². The lowest BCUT2D eigenvalue weighted by Crippen LogP contribution is -2.42. The average molecular weight is 874 g/mol. The van der Waals surface area contributed by atoms with Crippen molar-refractivity contribution in [1.29, 1.82) is 0 Å². The van der Waals surface area contributed by atoms with Gasteiger partial charge in [-0.1, -0.05) is 96.4 Å². The van der Waals surface area contributed by atoms with Gasteiger partial charge in [0.1, 0.15) is 11.9 Å². The maximum Gasteiger partial charge on any atom is 0.326 e. The van der Waals surface area contributed by atoms with Gasteiger partial charge in [0.05, 0.1) is 36.3 Å². The number of hydrogen-bond acceptors (Lipinski definition) is 9. The van der Waals surface area contributed by atoms with Crippen LogP contribution in [0, 0.1) is 5.82 Å². The molecule has 5 N–H and O–H groups in total. The van der Waals surface area contributed by atoms with Crippen LogP contribution in [-0.4, -0.2) is 89.6 Å². The van der Waals surface area contributed by atoms with E-state index in [4.69, 9.17) is 0 Å². The summed E-state index contributed by atoms with van der Waals surface area (Å²) in [7, 11) is -2.40. The quantitative estimate of drug-likeness (QED) is 0.0353. The zero-order chi connectivity index (χ0) is 45.2. The van der Waals surface area contributed by atoms with Crippen LogP contribution in [0.5, 0.6) is 0 Å². The number of carboxylic acids is 1. The third-order valence-corrected chi connectivity index (χ3v) is 11.5. The second kappa shape index (κ2) is 29.2. The number of carboxylic acid groups (broad SMARTS) is 1. The number of allylic oxidation sites excluding steroid dienone is 2. The first-order valence-electron chi connectivity index (χ1n) is 22.1. The van der Waals surface area contributed by atoms with Crippen molar-refractivity contribution in [2.45, 2.75) is 167 Å². The van der Waals surface area contributed by atoms with E-state index in [1.54, 1.807) is 0 Å². The number of sulfonamides is 1. The fraction of sp³-hybridized carbons (Fsp3) is 0.630. The van der Waals surface area contributed by atoms with Crippen molar-refractivity contribution in [3.63, 3.8) is 0 Å². The Morgan fingerprint density at radius 1 is 0.852 bits per heavy atom. The van der Waals surface area contributed by atoms with Gasteiger partial charge in [-0.3, -0.25) is 9.59 Å². The molecule has 1 unspecified atom stereocenters. The Hall–Kier alpha value is -4.21. The van der Waals surface area contributed by atoms with Crippen LogP contribution in [0.15, 0.2) is 42.5 Å². The summed E-state index contributed by atoms with van der Waals surface area (Å²) in [6, 6.07) is 4.29. The van der Waals surface area contributed by atoms with Gasteiger partial charge in [0.15, 0.2) is 0 Å². The molecule has 15 heteroatoms. The van der Waals surface area contributed by atoms with Crippen LogP contribution in [0.3, 0.4) is 0 Å². The highest BCUT2D eigenvalue weighted by atomic mass is 32.2. The molecular formula is C46H72FN5O8S. The van der Waals surface area contributed by atoms with Crippen molar-refractivity contribution in [2.75, 3.05) is 24.2 Å². The molecule has 61 heavy (non-hydrogen) atoms. The Bertz CT molecular complexity index is 1790. The number of aliphatic hydroxyl groups excluding tert-OH is 2. The molecular weight excluding hydrogens is 802 g/mol. The standard InChI is InChI=1S/C46H72FN5O8S/c1-6-7-8-9-10-11-12-13-14-15-16-17-18-19-20-24-41(55)48-31-22-21-23-40(45(57)58)49-42(56)33-38(54)32-37(53)29-30-39-43(34(2)3)50-46(52(4)61(5,59)60)51-44(39)35-25-27-36(47)28-26-35/h13-14,25-30,34,37-38,40,53-54H,6-12,15-24,31-33H2,1-5H3,(H,48,55)(H,49,56)(H,57,58)/t37-,38-,40?/m1/s1. The third-order valence-electron chi connectivity index (χ3n) is 10.4. The molecule has 0 radical (unpaired) electrons. The molecule has 0 bridgehead atoms. The number of aliphatic carboxylic acids is 1. The van der Waals surface area contributed by atoms with Gasteiger partial charge in [-0.05, 0) is 81.5 Å². The van der Waals surface area contributed by atoms with Gasteiger partial charge in [0, 0.05) is 37.6 Å². The predicted octanol–water partition coefficient (Wildman–Crippen LogP) is 8.21. The number of nitrogens with one attached hydrogen (secondary N) is 2. The Labute approximate surface area is 363 Å². The van der Waals surface area contributed by atoms with Crippen molar-refractivity contribution in [2.24, 2.45) is 0 Å². The molecule has 342 valence electrons. The van der Waals surface area contributed by atoms with E-state index in [0.717, 1.165) is 42.7 Å². The minimum atomic E-state index is -3.72. The number of aliphatic hydroxyl groups is 2. The minimum absolute atomic E-state index is 0.0240. The van der Waals surface area contributed by atoms with Crippen molar-refractivity contribution in [3.8, 4) is 11.3 Å². The molecule has 0 saturated carbocycles. The molecule has 2 rings (SSSR count). The number of amides is 2. The molecule has 1 heterocycles. The molecule has 0 aliphatic carbocycles. The number of hydrogen-bond donors (Lipinski definition) is 5. The Morgan fingerprint density at radius 3 is 2.05 bits per heavy atom. The lowest BCUT2D eigenvalue weighted by atomic mass is 9.97. The molecule has 0 aliphatic rings. The molecule has 0 spiro atoms. The van der Waals surface area contributed by atoms with E-state index in [-0.39, 0.29) is 30.6 Å². The first-order valence-corrected chi connectivity index (χ1v) is 24.0. The summed E-state index contributed by atoms with van der Waals surface area (Å²) < 4.78 is 39.4. The van der Waals surface area contributed by atoms with E-state index < -0.39 is 52.4 Å². The first-order chi connectivity index (χ1) is 29.0. The number of carbonyl (C=O) groups is 3. The zero-order valence-corrected chi connectivity index (χ0v) is 37.9. The van der Waals surface area contributed by atoms with Crippen LogP contribution >= 0.6 is 0 Å². The third kappa shape index (κ3) is 21.9. The van der Waals surface area contributed by atoms with Crippen LogP contribution in [0.25, 0.3) is 17.3 Å². The number of rotatable bonds is 32. The molecule has 0 fully saturated rings. The van der Waals surface area contributed by atoms with Gasteiger partial charge in [-0.2, -0.15) is 0 Å². The van der Waals surface area contributed by atoms with Crippen molar-refractivity contribution >= 4 is 39.8 Å². The normalized spacial score (nSPS) is 13.5. The fourth-order valence-electron chi connectivity index (χ4n) is 6.71. The molecule has 3 atom stereocenters. The predicted molar refractivity (Wildman–Crippen MR) is 241 cm³/mol. The monoisotopic (exact) mass is 874 g/mol. The van der Waals surface area contributed by atoms with Gasteiger partial charge in [-0.25, -0.2) is 31.9 Å². The zero-order valence-electron chi connectivity index (χ0n) is 37.1. The molecule has 13 nitrogen and oxygen atoms in total. The van der Waals surface area contributed by atoms with Crippen LogP contribution < -0.4 is 14.9 Å². The largest absolute Gasteiger partial charge is 0.480 e. The van der Waals surface area contributed by atoms with Crippen molar-refractivity contribution in [3.05, 3.63) is 59.6 Å². The molecule has 0 saturated heterocycles. The van der Waals surface area contributed by atoms with Crippen LogP contribution in [0.2, 0.25) is 0 Å². The van der Waals surface area contributed by atoms with E-state index in [9.17, 15) is 42.5 Å². The number of anilines is 1. The fourth-order valence-corrected chi connectivity index (χ4v) is 7.09. The number of benzene rings is 1. The summed E-state index contributed by atoms with van der Waals surface area (Å²) in [5, 5.41) is 36.5. The van der Waals surface area contributed by atoms with E-state index in [1.807, 2.05) is 13.8 Å². The van der Waals surface area contributed by atoms with E-state index in [2.05, 4.69) is 39.7 Å². The highest BCUT2D eigenvalue weighted by Crippen LogP contribution is 2.32. The van der Waals surface area contributed by atoms with Gasteiger partial charge in [0.2, 0.25) is 27.8 Å². The molecule has 0 aliphatic heterocycles. The summed E-state index contributed by atoms with van der Waals surface area (Å²) in [6.45, 7) is 6.34. The van der Waals surface area contributed by atoms with E-state index in [0.29, 0.717) is 48.3 Å². The van der Waals surface area contributed by atoms with Crippen LogP contribution in [0.1, 0.15) is 160 Å². The van der Waals surface area contributed by atoms with Crippen molar-refractivity contribution < 1.29 is 42.5 Å². The molecule has 1 aromatic heterocycles. The number of nitrogens with zero attached hydrogens (tertiary/aromatic N) is 3. The maximum absolute atomic E-state index is 13.8. The highest BCUT2D eigenvalue weighted by Gasteiger charge is 2.24. The number of aromatic nitrogens is 2. The van der Waals surface area contributed by atoms with Crippen LogP contribution in [0.4, 0.5) is 10.3 Å². The van der Waals surface area contributed by atoms with Crippen LogP contribution in [-0.2, 0) is 24.4 Å². The number of unbranched alkanes of at least 4 members (excludes halogenated alkanes) is 12. The first kappa shape index (κ1) is 52.9. The van der Waals surface area contributed by atoms with E-state index in [1.165, 1.54) is 94.8 Å². The highest BCUT2D eigenvalue weighted by molar-refractivity contribution is 7.92. The Morgan fingerprint density at radius 2 is 1.46 bits per heavy atom. The van der Waals surface area contributed by atoms with Gasteiger partial charge in [0.25, 0.3) is 0 Å². The lowest BCUT2D eigenvalue weighted by Gasteiger charge is -2.20. The average Bonchev–Trinajstić information content (AvgIpc) is 3.20. The summed E-state index contributed by atoms with van der Waals surface area (Å²) in [5.41, 5.74) is 1.67. The topological polar surface area (TPSA) is 199 Å². The SMILES string of the molecule is CCCCCCCCC=CCCCCCCCC(=O)NCCCCC(NC(=O)C[C@H](O)C[C@H](O)C=Cc1c(-c2ccc(F)cc2)nc(N(C)S(C)(=O)=O)nc1C(C)C)C(=O)O. The number of carbonyl (C=O) groups excluding carboxylic acids is 2. The maximum atomic E-state index is 13.8. The number of halogens is 1. The minimum Gasteiger partial charge on any atom is -0.480 e. The molecule has 1 aromatic carbocycles. The Balaban J connectivity index is 1.77. The summed E-state index contributed by atoms with van der Waals surface area (Å²) in [5.74, 6) is -2.72. The summed E-state index contributed by atoms with van der Waals surface area (Å²) in [6.07, 6.45) is 22.4. The summed E-state index contributed by atoms with van der Waals surface area (Å²) >= 11 is 0. The Kier molecular flexibility index (Phi) is 25.3. The lowest BCUT2D eigenvalue weighted by molar-refractivity contribution is -0.142. The second-order valence-electron chi connectivity index (χ2n) is 16.2. The molecule has 2 aromatic rings. The van der Waals surface area contributed by atoms with Gasteiger partial charge in [-0.15, -0.1) is 0 Å². The van der Waals surface area contributed by atoms with E-state index >= 15 is 0 Å². The molecule has 2 amide bonds. The smallest absolute Gasteiger partial charge is 0.326 e. The second-order valence-corrected chi connectivity index (χ2v) is 18.2.